The number of anilines is 1. The summed E-state index contributed by atoms with van der Waals surface area (Å²) in [7, 11) is 0. The van der Waals surface area contributed by atoms with Gasteiger partial charge in [0.1, 0.15) is 0 Å². The smallest absolute Gasteiger partial charge is 0.254 e. The Morgan fingerprint density at radius 2 is 1.86 bits per heavy atom. The molecule has 0 radical (unpaired) electrons. The lowest BCUT2D eigenvalue weighted by molar-refractivity contribution is 0.0259. The van der Waals surface area contributed by atoms with Crippen LogP contribution in [0.2, 0.25) is 0 Å². The van der Waals surface area contributed by atoms with Gasteiger partial charge in [-0.05, 0) is 49.9 Å². The van der Waals surface area contributed by atoms with E-state index in [-0.39, 0.29) is 12.0 Å². The molecule has 0 aromatic heterocycles. The Bertz CT molecular complexity index is 522. The van der Waals surface area contributed by atoms with Crippen LogP contribution >= 0.6 is 0 Å². The molecule has 0 N–H and O–H groups in total. The third-order valence-electron chi connectivity index (χ3n) is 5.00. The summed E-state index contributed by atoms with van der Waals surface area (Å²) in [5, 5.41) is 0. The van der Waals surface area contributed by atoms with Crippen molar-refractivity contribution in [2.75, 3.05) is 31.1 Å². The summed E-state index contributed by atoms with van der Waals surface area (Å²) >= 11 is 0. The van der Waals surface area contributed by atoms with E-state index in [0.29, 0.717) is 12.6 Å². The molecular formula is C17H22N2O2. The first kappa shape index (κ1) is 13.1. The Kier molecular flexibility index (Phi) is 3.34. The minimum atomic E-state index is 0.163. The molecule has 0 unspecified atom stereocenters. The third-order valence-corrected chi connectivity index (χ3v) is 5.00. The van der Waals surface area contributed by atoms with Crippen molar-refractivity contribution < 1.29 is 9.53 Å². The fraction of sp³-hybridized carbons (Fsp3) is 0.588. The SMILES string of the molecule is O=C(c1ccc(N2CCCCC2)cc1)N1C[C@H]2C[C@H]1CO2. The standard InChI is InChI=1S/C17H22N2O2/c20-17(19-11-16-10-15(19)12-21-16)13-4-6-14(7-5-13)18-8-2-1-3-9-18/h4-7,15-16H,1-3,8-12H2/t15-,16+/m0/s1. The summed E-state index contributed by atoms with van der Waals surface area (Å²) in [6.07, 6.45) is 5.17. The molecule has 1 amide bonds. The highest BCUT2D eigenvalue weighted by Crippen LogP contribution is 2.29. The topological polar surface area (TPSA) is 32.8 Å². The van der Waals surface area contributed by atoms with Gasteiger partial charge in [0.25, 0.3) is 5.91 Å². The molecule has 4 nitrogen and oxygen atoms in total. The van der Waals surface area contributed by atoms with E-state index in [2.05, 4.69) is 17.0 Å². The molecule has 3 heterocycles. The van der Waals surface area contributed by atoms with Crippen molar-refractivity contribution in [2.24, 2.45) is 0 Å². The van der Waals surface area contributed by atoms with E-state index in [1.165, 1.54) is 24.9 Å². The molecule has 0 spiro atoms. The predicted octanol–water partition coefficient (Wildman–Crippen LogP) is 2.29. The molecule has 4 heteroatoms. The fourth-order valence-corrected chi connectivity index (χ4v) is 3.78. The van der Waals surface area contributed by atoms with Crippen LogP contribution in [-0.4, -0.2) is 49.2 Å². The summed E-state index contributed by atoms with van der Waals surface area (Å²) < 4.78 is 5.57. The Morgan fingerprint density at radius 3 is 2.48 bits per heavy atom. The van der Waals surface area contributed by atoms with Crippen LogP contribution in [0.4, 0.5) is 5.69 Å². The number of ether oxygens (including phenoxy) is 1. The largest absolute Gasteiger partial charge is 0.374 e. The highest BCUT2D eigenvalue weighted by atomic mass is 16.5. The first-order valence-electron chi connectivity index (χ1n) is 8.09. The normalized spacial score (nSPS) is 28.2. The maximum atomic E-state index is 12.6. The molecule has 21 heavy (non-hydrogen) atoms. The van der Waals surface area contributed by atoms with Gasteiger partial charge in [-0.3, -0.25) is 4.79 Å². The summed E-state index contributed by atoms with van der Waals surface area (Å²) in [6, 6.07) is 8.47. The van der Waals surface area contributed by atoms with E-state index < -0.39 is 0 Å². The van der Waals surface area contributed by atoms with Crippen LogP contribution in [0.1, 0.15) is 36.0 Å². The molecule has 0 saturated carbocycles. The molecule has 3 aliphatic rings. The third kappa shape index (κ3) is 2.42. The van der Waals surface area contributed by atoms with Gasteiger partial charge < -0.3 is 14.5 Å². The van der Waals surface area contributed by atoms with Gasteiger partial charge in [0, 0.05) is 30.9 Å². The Morgan fingerprint density at radius 1 is 1.10 bits per heavy atom. The van der Waals surface area contributed by atoms with E-state index >= 15 is 0 Å². The van der Waals surface area contributed by atoms with E-state index in [1.54, 1.807) is 0 Å². The van der Waals surface area contributed by atoms with E-state index in [0.717, 1.165) is 31.6 Å². The lowest BCUT2D eigenvalue weighted by Crippen LogP contribution is -2.41. The number of nitrogens with zero attached hydrogens (tertiary/aromatic N) is 2. The van der Waals surface area contributed by atoms with E-state index in [4.69, 9.17) is 4.74 Å². The maximum Gasteiger partial charge on any atom is 0.254 e. The number of benzene rings is 1. The molecule has 2 bridgehead atoms. The van der Waals surface area contributed by atoms with Gasteiger partial charge >= 0.3 is 0 Å². The van der Waals surface area contributed by atoms with Crippen LogP contribution in [0, 0.1) is 0 Å². The van der Waals surface area contributed by atoms with Crippen molar-refractivity contribution in [2.45, 2.75) is 37.8 Å². The highest BCUT2D eigenvalue weighted by Gasteiger charge is 2.41. The van der Waals surface area contributed by atoms with Crippen LogP contribution in [0.5, 0.6) is 0 Å². The minimum absolute atomic E-state index is 0.163. The van der Waals surface area contributed by atoms with E-state index in [1.807, 2.05) is 17.0 Å². The molecule has 3 fully saturated rings. The summed E-state index contributed by atoms with van der Waals surface area (Å²) in [4.78, 5) is 17.0. The number of hydrogen-bond donors (Lipinski definition) is 0. The highest BCUT2D eigenvalue weighted by molar-refractivity contribution is 5.95. The number of fused-ring (bicyclic) bond motifs is 2. The van der Waals surface area contributed by atoms with Crippen molar-refractivity contribution >= 4 is 11.6 Å². The van der Waals surface area contributed by atoms with Gasteiger partial charge in [0.2, 0.25) is 0 Å². The number of hydrogen-bond acceptors (Lipinski definition) is 3. The van der Waals surface area contributed by atoms with Crippen molar-refractivity contribution in [3.63, 3.8) is 0 Å². The molecule has 0 aliphatic carbocycles. The zero-order chi connectivity index (χ0) is 14.2. The zero-order valence-electron chi connectivity index (χ0n) is 12.3. The summed E-state index contributed by atoms with van der Waals surface area (Å²) in [5.74, 6) is 0.163. The molecule has 1 aromatic carbocycles. The van der Waals surface area contributed by atoms with Gasteiger partial charge in [-0.15, -0.1) is 0 Å². The summed E-state index contributed by atoms with van der Waals surface area (Å²) in [6.45, 7) is 3.75. The number of morpholine rings is 1. The lowest BCUT2D eigenvalue weighted by atomic mass is 10.1. The molecule has 3 saturated heterocycles. The number of carbonyl (C=O) groups is 1. The first-order valence-corrected chi connectivity index (χ1v) is 8.09. The second kappa shape index (κ2) is 5.34. The molecular weight excluding hydrogens is 264 g/mol. The predicted molar refractivity (Wildman–Crippen MR) is 81.7 cm³/mol. The van der Waals surface area contributed by atoms with Gasteiger partial charge in [0.05, 0.1) is 18.8 Å². The fourth-order valence-electron chi connectivity index (χ4n) is 3.78. The van der Waals surface area contributed by atoms with Gasteiger partial charge in [0.15, 0.2) is 0 Å². The molecule has 4 rings (SSSR count). The number of amides is 1. The number of piperidine rings is 1. The zero-order valence-corrected chi connectivity index (χ0v) is 12.3. The van der Waals surface area contributed by atoms with Gasteiger partial charge in [-0.2, -0.15) is 0 Å². The number of likely N-dealkylation sites (tertiary alicyclic amines) is 1. The van der Waals surface area contributed by atoms with Gasteiger partial charge in [-0.1, -0.05) is 0 Å². The van der Waals surface area contributed by atoms with Crippen LogP contribution in [0.15, 0.2) is 24.3 Å². The Hall–Kier alpha value is -1.55. The maximum absolute atomic E-state index is 12.6. The van der Waals surface area contributed by atoms with Gasteiger partial charge in [-0.25, -0.2) is 0 Å². The van der Waals surface area contributed by atoms with Crippen molar-refractivity contribution in [1.29, 1.82) is 0 Å². The number of carbonyl (C=O) groups excluding carboxylic acids is 1. The molecule has 1 aromatic rings. The number of rotatable bonds is 2. The first-order chi connectivity index (χ1) is 10.3. The van der Waals surface area contributed by atoms with Crippen LogP contribution in [0.25, 0.3) is 0 Å². The van der Waals surface area contributed by atoms with Crippen LogP contribution in [0.3, 0.4) is 0 Å². The minimum Gasteiger partial charge on any atom is -0.374 e. The monoisotopic (exact) mass is 286 g/mol. The van der Waals surface area contributed by atoms with Crippen molar-refractivity contribution in [1.82, 2.24) is 4.90 Å². The van der Waals surface area contributed by atoms with Crippen LogP contribution in [-0.2, 0) is 4.74 Å². The van der Waals surface area contributed by atoms with Crippen LogP contribution < -0.4 is 4.90 Å². The van der Waals surface area contributed by atoms with Crippen molar-refractivity contribution in [3.05, 3.63) is 29.8 Å². The average molecular weight is 286 g/mol. The Labute approximate surface area is 125 Å². The summed E-state index contributed by atoms with van der Waals surface area (Å²) in [5.41, 5.74) is 2.06. The Balaban J connectivity index is 1.47. The lowest BCUT2D eigenvalue weighted by Gasteiger charge is -2.29. The van der Waals surface area contributed by atoms with E-state index in [9.17, 15) is 4.79 Å². The molecule has 112 valence electrons. The average Bonchev–Trinajstić information content (AvgIpc) is 3.18. The second-order valence-electron chi connectivity index (χ2n) is 6.40. The second-order valence-corrected chi connectivity index (χ2v) is 6.40. The molecule has 3 aliphatic heterocycles. The quantitative estimate of drug-likeness (QED) is 0.836. The molecule has 2 atom stereocenters. The van der Waals surface area contributed by atoms with Crippen molar-refractivity contribution in [3.8, 4) is 0 Å².